The molecular weight excluding hydrogens is 481 g/mol. The number of rotatable bonds is 4. The number of nitriles is 1. The zero-order valence-electron chi connectivity index (χ0n) is 17.6. The van der Waals surface area contributed by atoms with Crippen LogP contribution in [0.5, 0.6) is 0 Å². The van der Waals surface area contributed by atoms with Crippen LogP contribution in [0.4, 0.5) is 4.79 Å². The smallest absolute Gasteiger partial charge is 0.407 e. The number of amides is 1. The molecule has 1 aliphatic rings. The van der Waals surface area contributed by atoms with Gasteiger partial charge in [0.25, 0.3) is 0 Å². The zero-order chi connectivity index (χ0) is 20.6. The van der Waals surface area contributed by atoms with Crippen molar-refractivity contribution in [2.45, 2.75) is 70.7 Å². The minimum absolute atomic E-state index is 0. The molecule has 0 aliphatic heterocycles. The van der Waals surface area contributed by atoms with Gasteiger partial charge in [-0.05, 0) is 64.2 Å². The number of hydrogen-bond acceptors (Lipinski definition) is 4. The van der Waals surface area contributed by atoms with Crippen LogP contribution in [-0.4, -0.2) is 36.8 Å². The van der Waals surface area contributed by atoms with Crippen LogP contribution in [0.2, 0.25) is 0 Å². The third-order valence-electron chi connectivity index (χ3n) is 4.53. The van der Waals surface area contributed by atoms with Crippen LogP contribution < -0.4 is 16.0 Å². The van der Waals surface area contributed by atoms with Crippen LogP contribution in [0, 0.1) is 11.3 Å². The van der Waals surface area contributed by atoms with Crippen LogP contribution in [-0.2, 0) is 11.3 Å². The molecule has 1 aromatic rings. The maximum atomic E-state index is 11.9. The van der Waals surface area contributed by atoms with Crippen LogP contribution in [0.25, 0.3) is 0 Å². The Hall–Kier alpha value is -2.02. The Morgan fingerprint density at radius 2 is 1.83 bits per heavy atom. The van der Waals surface area contributed by atoms with E-state index in [0.29, 0.717) is 18.2 Å². The number of benzene rings is 1. The molecule has 8 heteroatoms. The van der Waals surface area contributed by atoms with Crippen molar-refractivity contribution in [3.05, 3.63) is 35.4 Å². The summed E-state index contributed by atoms with van der Waals surface area (Å²) in [5.74, 6) is 0.742. The van der Waals surface area contributed by atoms with Gasteiger partial charge in [-0.3, -0.25) is 4.99 Å². The summed E-state index contributed by atoms with van der Waals surface area (Å²) in [7, 11) is 1.75. The third kappa shape index (κ3) is 9.35. The van der Waals surface area contributed by atoms with E-state index in [1.165, 1.54) is 0 Å². The quantitative estimate of drug-likeness (QED) is 0.324. The molecule has 1 amide bonds. The van der Waals surface area contributed by atoms with Gasteiger partial charge in [-0.25, -0.2) is 4.79 Å². The average Bonchev–Trinajstić information content (AvgIpc) is 2.65. The molecule has 0 radical (unpaired) electrons. The van der Waals surface area contributed by atoms with Crippen molar-refractivity contribution < 1.29 is 9.53 Å². The highest BCUT2D eigenvalue weighted by atomic mass is 127. The Morgan fingerprint density at radius 3 is 2.38 bits per heavy atom. The Kier molecular flexibility index (Phi) is 10.2. The fourth-order valence-corrected chi connectivity index (χ4v) is 3.18. The molecule has 1 aromatic carbocycles. The average molecular weight is 513 g/mol. The van der Waals surface area contributed by atoms with Crippen molar-refractivity contribution >= 4 is 36.0 Å². The molecule has 0 saturated heterocycles. The highest BCUT2D eigenvalue weighted by molar-refractivity contribution is 14.0. The lowest BCUT2D eigenvalue weighted by Gasteiger charge is -2.31. The second-order valence-electron chi connectivity index (χ2n) is 8.08. The lowest BCUT2D eigenvalue weighted by atomic mass is 9.91. The van der Waals surface area contributed by atoms with Gasteiger partial charge in [-0.1, -0.05) is 12.1 Å². The largest absolute Gasteiger partial charge is 0.444 e. The van der Waals surface area contributed by atoms with Gasteiger partial charge in [0.05, 0.1) is 11.6 Å². The van der Waals surface area contributed by atoms with E-state index in [1.54, 1.807) is 13.1 Å². The molecule has 1 aliphatic carbocycles. The summed E-state index contributed by atoms with van der Waals surface area (Å²) in [6.45, 7) is 6.19. The first-order valence-electron chi connectivity index (χ1n) is 9.75. The van der Waals surface area contributed by atoms with Crippen molar-refractivity contribution in [2.24, 2.45) is 4.99 Å². The maximum Gasteiger partial charge on any atom is 0.407 e. The number of nitrogens with one attached hydrogen (secondary N) is 3. The van der Waals surface area contributed by atoms with Gasteiger partial charge in [0.2, 0.25) is 0 Å². The standard InChI is InChI=1S/C21H31N5O2.HI/c1-21(2,3)28-20(27)26-18-10-8-17(9-11-18)25-19(23-4)24-14-16-7-5-6-15(12-16)13-22;/h5-7,12,17-18H,8-11,14H2,1-4H3,(H,26,27)(H2,23,24,25);1H. The van der Waals surface area contributed by atoms with Gasteiger partial charge < -0.3 is 20.7 Å². The molecule has 29 heavy (non-hydrogen) atoms. The molecule has 1 fully saturated rings. The summed E-state index contributed by atoms with van der Waals surface area (Å²) in [6.07, 6.45) is 3.35. The molecule has 0 heterocycles. The molecule has 0 aromatic heterocycles. The summed E-state index contributed by atoms with van der Waals surface area (Å²) >= 11 is 0. The van der Waals surface area contributed by atoms with E-state index in [0.717, 1.165) is 37.2 Å². The maximum absolute atomic E-state index is 11.9. The second kappa shape index (κ2) is 11.9. The van der Waals surface area contributed by atoms with Gasteiger partial charge >= 0.3 is 6.09 Å². The number of halogens is 1. The SMILES string of the molecule is CN=C(NCc1cccc(C#N)c1)NC1CCC(NC(=O)OC(C)(C)C)CC1.I. The molecule has 2 rings (SSSR count). The fraction of sp³-hybridized carbons (Fsp3) is 0.571. The number of nitrogens with zero attached hydrogens (tertiary/aromatic N) is 2. The molecule has 0 spiro atoms. The van der Waals surface area contributed by atoms with Crippen molar-refractivity contribution in [1.82, 2.24) is 16.0 Å². The Balaban J connectivity index is 0.00000420. The van der Waals surface area contributed by atoms with Crippen molar-refractivity contribution in [3.8, 4) is 6.07 Å². The van der Waals surface area contributed by atoms with Crippen LogP contribution in [0.3, 0.4) is 0 Å². The minimum Gasteiger partial charge on any atom is -0.444 e. The lowest BCUT2D eigenvalue weighted by Crippen LogP contribution is -2.47. The first-order chi connectivity index (χ1) is 13.3. The summed E-state index contributed by atoms with van der Waals surface area (Å²) < 4.78 is 5.32. The first-order valence-corrected chi connectivity index (χ1v) is 9.75. The number of guanidine groups is 1. The summed E-state index contributed by atoms with van der Waals surface area (Å²) in [4.78, 5) is 16.2. The molecule has 0 bridgehead atoms. The first kappa shape index (κ1) is 25.0. The number of hydrogen-bond donors (Lipinski definition) is 3. The molecule has 160 valence electrons. The molecule has 1 saturated carbocycles. The molecular formula is C21H32IN5O2. The van der Waals surface area contributed by atoms with Crippen LogP contribution in [0.1, 0.15) is 57.6 Å². The van der Waals surface area contributed by atoms with E-state index in [2.05, 4.69) is 27.0 Å². The Morgan fingerprint density at radius 1 is 1.21 bits per heavy atom. The number of carbonyl (C=O) groups excluding carboxylic acids is 1. The number of carbonyl (C=O) groups is 1. The highest BCUT2D eigenvalue weighted by Crippen LogP contribution is 2.19. The van der Waals surface area contributed by atoms with Crippen LogP contribution >= 0.6 is 24.0 Å². The van der Waals surface area contributed by atoms with Crippen molar-refractivity contribution in [3.63, 3.8) is 0 Å². The molecule has 7 nitrogen and oxygen atoms in total. The van der Waals surface area contributed by atoms with E-state index in [9.17, 15) is 4.79 Å². The van der Waals surface area contributed by atoms with Gasteiger partial charge in [-0.15, -0.1) is 24.0 Å². The van der Waals surface area contributed by atoms with E-state index < -0.39 is 5.60 Å². The predicted molar refractivity (Wildman–Crippen MR) is 125 cm³/mol. The Bertz CT molecular complexity index is 731. The topological polar surface area (TPSA) is 98.5 Å². The fourth-order valence-electron chi connectivity index (χ4n) is 3.18. The number of aliphatic imine (C=N–C) groups is 1. The van der Waals surface area contributed by atoms with Gasteiger partial charge in [-0.2, -0.15) is 5.26 Å². The van der Waals surface area contributed by atoms with E-state index >= 15 is 0 Å². The molecule has 3 N–H and O–H groups in total. The normalized spacial score (nSPS) is 19.3. The lowest BCUT2D eigenvalue weighted by molar-refractivity contribution is 0.0490. The second-order valence-corrected chi connectivity index (χ2v) is 8.08. The van der Waals surface area contributed by atoms with Crippen molar-refractivity contribution in [2.75, 3.05) is 7.05 Å². The van der Waals surface area contributed by atoms with E-state index in [-0.39, 0.29) is 36.1 Å². The van der Waals surface area contributed by atoms with Gasteiger partial charge in [0.1, 0.15) is 5.60 Å². The molecule has 0 atom stereocenters. The monoisotopic (exact) mass is 513 g/mol. The van der Waals surface area contributed by atoms with E-state index in [4.69, 9.17) is 10.00 Å². The number of alkyl carbamates (subject to hydrolysis) is 1. The van der Waals surface area contributed by atoms with Gasteiger partial charge in [0, 0.05) is 25.7 Å². The highest BCUT2D eigenvalue weighted by Gasteiger charge is 2.25. The summed E-state index contributed by atoms with van der Waals surface area (Å²) in [5, 5.41) is 18.7. The molecule has 0 unspecified atom stereocenters. The number of ether oxygens (including phenoxy) is 1. The summed E-state index contributed by atoms with van der Waals surface area (Å²) in [6, 6.07) is 10.1. The summed E-state index contributed by atoms with van der Waals surface area (Å²) in [5.41, 5.74) is 1.21. The third-order valence-corrected chi connectivity index (χ3v) is 4.53. The van der Waals surface area contributed by atoms with Gasteiger partial charge in [0.15, 0.2) is 5.96 Å². The predicted octanol–water partition coefficient (Wildman–Crippen LogP) is 3.68. The van der Waals surface area contributed by atoms with Crippen LogP contribution in [0.15, 0.2) is 29.3 Å². The van der Waals surface area contributed by atoms with Crippen molar-refractivity contribution in [1.29, 1.82) is 5.26 Å². The Labute approximate surface area is 190 Å². The zero-order valence-corrected chi connectivity index (χ0v) is 19.9. The minimum atomic E-state index is -0.478. The van der Waals surface area contributed by atoms with E-state index in [1.807, 2.05) is 39.0 Å².